The van der Waals surface area contributed by atoms with Gasteiger partial charge in [0.25, 0.3) is 0 Å². The molecule has 1 amide bonds. The largest absolute Gasteiger partial charge is 0.389 e. The molecular weight excluding hydrogens is 262 g/mol. The molecule has 1 N–H and O–H groups in total. The Balaban J connectivity index is 1.87. The predicted molar refractivity (Wildman–Crippen MR) is 75.2 cm³/mol. The van der Waals surface area contributed by atoms with E-state index in [4.69, 9.17) is 4.74 Å². The second-order valence-electron chi connectivity index (χ2n) is 4.53. The van der Waals surface area contributed by atoms with E-state index in [-0.39, 0.29) is 5.91 Å². The molecule has 1 saturated heterocycles. The summed E-state index contributed by atoms with van der Waals surface area (Å²) in [5, 5.41) is 9.53. The summed E-state index contributed by atoms with van der Waals surface area (Å²) < 4.78 is 5.23. The number of thioether (sulfide) groups is 1. The van der Waals surface area contributed by atoms with E-state index in [0.717, 1.165) is 10.5 Å². The number of aliphatic hydroxyl groups excluding tert-OH is 1. The van der Waals surface area contributed by atoms with Gasteiger partial charge in [-0.2, -0.15) is 0 Å². The Morgan fingerprint density at radius 2 is 2.21 bits per heavy atom. The highest BCUT2D eigenvalue weighted by atomic mass is 32.2. The zero-order chi connectivity index (χ0) is 13.7. The SMILES string of the molecule is CC(O)c1cccc(SCC(=O)N2CCOCC2)c1. The summed E-state index contributed by atoms with van der Waals surface area (Å²) in [5.41, 5.74) is 0.879. The van der Waals surface area contributed by atoms with Crippen molar-refractivity contribution in [2.75, 3.05) is 32.1 Å². The van der Waals surface area contributed by atoms with Crippen LogP contribution in [0.2, 0.25) is 0 Å². The van der Waals surface area contributed by atoms with Crippen LogP contribution in [0.4, 0.5) is 0 Å². The predicted octanol–water partition coefficient (Wildman–Crippen LogP) is 1.69. The van der Waals surface area contributed by atoms with Gasteiger partial charge in [0.2, 0.25) is 5.91 Å². The molecule has 1 aliphatic rings. The first-order chi connectivity index (χ1) is 9.16. The first kappa shape index (κ1) is 14.4. The second-order valence-corrected chi connectivity index (χ2v) is 5.58. The zero-order valence-corrected chi connectivity index (χ0v) is 11.9. The average Bonchev–Trinajstić information content (AvgIpc) is 2.46. The number of aliphatic hydroxyl groups is 1. The van der Waals surface area contributed by atoms with Gasteiger partial charge in [0.15, 0.2) is 0 Å². The van der Waals surface area contributed by atoms with Crippen molar-refractivity contribution in [3.05, 3.63) is 29.8 Å². The number of amides is 1. The fraction of sp³-hybridized carbons (Fsp3) is 0.500. The van der Waals surface area contributed by atoms with E-state index in [1.165, 1.54) is 11.8 Å². The summed E-state index contributed by atoms with van der Waals surface area (Å²) in [6.45, 7) is 4.38. The minimum absolute atomic E-state index is 0.149. The Labute approximate surface area is 117 Å². The molecule has 0 spiro atoms. The van der Waals surface area contributed by atoms with Gasteiger partial charge in [-0.05, 0) is 24.6 Å². The summed E-state index contributed by atoms with van der Waals surface area (Å²) in [5.74, 6) is 0.583. The molecule has 1 fully saturated rings. The Morgan fingerprint density at radius 1 is 1.47 bits per heavy atom. The molecule has 0 aromatic heterocycles. The van der Waals surface area contributed by atoms with Crippen LogP contribution in [-0.2, 0) is 9.53 Å². The normalized spacial score (nSPS) is 17.3. The number of hydrogen-bond donors (Lipinski definition) is 1. The maximum Gasteiger partial charge on any atom is 0.233 e. The monoisotopic (exact) mass is 281 g/mol. The van der Waals surface area contributed by atoms with Crippen molar-refractivity contribution in [2.24, 2.45) is 0 Å². The number of ether oxygens (including phenoxy) is 1. The quantitative estimate of drug-likeness (QED) is 0.853. The van der Waals surface area contributed by atoms with Crippen LogP contribution in [0.3, 0.4) is 0 Å². The molecule has 1 heterocycles. The van der Waals surface area contributed by atoms with Crippen molar-refractivity contribution >= 4 is 17.7 Å². The fourth-order valence-electron chi connectivity index (χ4n) is 1.91. The third-order valence-electron chi connectivity index (χ3n) is 3.07. The van der Waals surface area contributed by atoms with Gasteiger partial charge in [-0.3, -0.25) is 4.79 Å². The van der Waals surface area contributed by atoms with Crippen molar-refractivity contribution < 1.29 is 14.6 Å². The number of hydrogen-bond acceptors (Lipinski definition) is 4. The lowest BCUT2D eigenvalue weighted by atomic mass is 10.1. The minimum atomic E-state index is -0.476. The summed E-state index contributed by atoms with van der Waals surface area (Å²) in [7, 11) is 0. The van der Waals surface area contributed by atoms with Crippen LogP contribution in [0, 0.1) is 0 Å². The molecule has 1 aromatic rings. The van der Waals surface area contributed by atoms with Gasteiger partial charge in [-0.15, -0.1) is 11.8 Å². The van der Waals surface area contributed by atoms with Crippen molar-refractivity contribution in [1.82, 2.24) is 4.90 Å². The van der Waals surface area contributed by atoms with Gasteiger partial charge < -0.3 is 14.7 Å². The Hall–Kier alpha value is -1.04. The smallest absolute Gasteiger partial charge is 0.233 e. The maximum absolute atomic E-state index is 12.0. The lowest BCUT2D eigenvalue weighted by molar-refractivity contribution is -0.132. The van der Waals surface area contributed by atoms with E-state index in [1.807, 2.05) is 29.2 Å². The van der Waals surface area contributed by atoms with E-state index in [2.05, 4.69) is 0 Å². The topological polar surface area (TPSA) is 49.8 Å². The molecule has 104 valence electrons. The highest BCUT2D eigenvalue weighted by Gasteiger charge is 2.16. The maximum atomic E-state index is 12.0. The average molecular weight is 281 g/mol. The lowest BCUT2D eigenvalue weighted by Gasteiger charge is -2.26. The minimum Gasteiger partial charge on any atom is -0.389 e. The molecule has 0 radical (unpaired) electrons. The highest BCUT2D eigenvalue weighted by Crippen LogP contribution is 2.22. The van der Waals surface area contributed by atoms with Crippen LogP contribution in [0.15, 0.2) is 29.2 Å². The fourth-order valence-corrected chi connectivity index (χ4v) is 2.78. The third-order valence-corrected chi connectivity index (χ3v) is 4.05. The van der Waals surface area contributed by atoms with Crippen molar-refractivity contribution in [2.45, 2.75) is 17.9 Å². The number of nitrogens with zero attached hydrogens (tertiary/aromatic N) is 1. The van der Waals surface area contributed by atoms with Crippen LogP contribution in [-0.4, -0.2) is 48.0 Å². The lowest BCUT2D eigenvalue weighted by Crippen LogP contribution is -2.41. The van der Waals surface area contributed by atoms with Gasteiger partial charge in [-0.25, -0.2) is 0 Å². The Morgan fingerprint density at radius 3 is 2.89 bits per heavy atom. The van der Waals surface area contributed by atoms with Gasteiger partial charge in [-0.1, -0.05) is 12.1 Å². The molecule has 4 nitrogen and oxygen atoms in total. The van der Waals surface area contributed by atoms with E-state index >= 15 is 0 Å². The summed E-state index contributed by atoms with van der Waals surface area (Å²) >= 11 is 1.51. The van der Waals surface area contributed by atoms with E-state index in [1.54, 1.807) is 6.92 Å². The third kappa shape index (κ3) is 4.23. The highest BCUT2D eigenvalue weighted by molar-refractivity contribution is 8.00. The number of carbonyl (C=O) groups excluding carboxylic acids is 1. The molecule has 19 heavy (non-hydrogen) atoms. The number of benzene rings is 1. The van der Waals surface area contributed by atoms with E-state index in [0.29, 0.717) is 32.1 Å². The van der Waals surface area contributed by atoms with Crippen molar-refractivity contribution in [1.29, 1.82) is 0 Å². The molecule has 1 atom stereocenters. The number of carbonyl (C=O) groups is 1. The summed E-state index contributed by atoms with van der Waals surface area (Å²) in [6, 6.07) is 7.69. The molecule has 0 aliphatic carbocycles. The van der Waals surface area contributed by atoms with Crippen molar-refractivity contribution in [3.8, 4) is 0 Å². The van der Waals surface area contributed by atoms with Gasteiger partial charge in [0, 0.05) is 18.0 Å². The zero-order valence-electron chi connectivity index (χ0n) is 11.0. The van der Waals surface area contributed by atoms with Crippen LogP contribution in [0.25, 0.3) is 0 Å². The van der Waals surface area contributed by atoms with Gasteiger partial charge in [0.1, 0.15) is 0 Å². The Bertz CT molecular complexity index is 430. The Kier molecular flexibility index (Phi) is 5.24. The van der Waals surface area contributed by atoms with Crippen LogP contribution >= 0.6 is 11.8 Å². The van der Waals surface area contributed by atoms with Crippen LogP contribution < -0.4 is 0 Å². The van der Waals surface area contributed by atoms with E-state index < -0.39 is 6.10 Å². The summed E-state index contributed by atoms with van der Waals surface area (Å²) in [6.07, 6.45) is -0.476. The number of morpholine rings is 1. The van der Waals surface area contributed by atoms with Crippen LogP contribution in [0.5, 0.6) is 0 Å². The summed E-state index contributed by atoms with van der Waals surface area (Å²) in [4.78, 5) is 14.8. The van der Waals surface area contributed by atoms with Gasteiger partial charge in [0.05, 0.1) is 25.1 Å². The molecule has 1 unspecified atom stereocenters. The molecule has 1 aliphatic heterocycles. The molecule has 5 heteroatoms. The standard InChI is InChI=1S/C14H19NO3S/c1-11(16)12-3-2-4-13(9-12)19-10-14(17)15-5-7-18-8-6-15/h2-4,9,11,16H,5-8,10H2,1H3. The first-order valence-corrected chi connectivity index (χ1v) is 7.42. The van der Waals surface area contributed by atoms with E-state index in [9.17, 15) is 9.90 Å². The van der Waals surface area contributed by atoms with Crippen LogP contribution in [0.1, 0.15) is 18.6 Å². The second kappa shape index (κ2) is 6.93. The molecule has 0 bridgehead atoms. The van der Waals surface area contributed by atoms with Gasteiger partial charge >= 0.3 is 0 Å². The molecule has 2 rings (SSSR count). The molecule has 1 aromatic carbocycles. The molecular formula is C14H19NO3S. The first-order valence-electron chi connectivity index (χ1n) is 6.43. The van der Waals surface area contributed by atoms with Crippen molar-refractivity contribution in [3.63, 3.8) is 0 Å². The molecule has 0 saturated carbocycles. The number of rotatable bonds is 4.